The van der Waals surface area contributed by atoms with Crippen LogP contribution in [0.25, 0.3) is 0 Å². The highest BCUT2D eigenvalue weighted by Crippen LogP contribution is 2.24. The molecule has 1 aromatic rings. The van der Waals surface area contributed by atoms with Crippen LogP contribution in [-0.2, 0) is 0 Å². The number of anilines is 1. The quantitative estimate of drug-likeness (QED) is 0.452. The molecule has 7 heteroatoms. The van der Waals surface area contributed by atoms with Gasteiger partial charge in [-0.05, 0) is 25.0 Å². The van der Waals surface area contributed by atoms with E-state index in [1.54, 1.807) is 4.90 Å². The van der Waals surface area contributed by atoms with E-state index in [9.17, 15) is 14.9 Å². The fourth-order valence-electron chi connectivity index (χ4n) is 1.98. The average molecular weight is 280 g/mol. The van der Waals surface area contributed by atoms with Gasteiger partial charge >= 0.3 is 0 Å². The number of carbonyl (C=O) groups is 1. The minimum Gasteiger partial charge on any atom is -0.338 e. The van der Waals surface area contributed by atoms with Crippen molar-refractivity contribution in [2.75, 3.05) is 18.5 Å². The predicted octanol–water partition coefficient (Wildman–Crippen LogP) is 2.14. The molecule has 0 aliphatic heterocycles. The van der Waals surface area contributed by atoms with Crippen molar-refractivity contribution in [2.45, 2.75) is 26.7 Å². The van der Waals surface area contributed by atoms with E-state index in [0.717, 1.165) is 12.8 Å². The number of nitro groups is 1. The predicted molar refractivity (Wildman–Crippen MR) is 77.4 cm³/mol. The number of hydrogen-bond acceptors (Lipinski definition) is 5. The smallest absolute Gasteiger partial charge is 0.282 e. The Bertz CT molecular complexity index is 485. The molecule has 1 rings (SSSR count). The number of nitro benzene ring substituents is 1. The maximum Gasteiger partial charge on any atom is 0.282 e. The number of nitrogen functional groups attached to an aromatic ring is 1. The van der Waals surface area contributed by atoms with E-state index in [4.69, 9.17) is 5.84 Å². The molecule has 7 nitrogen and oxygen atoms in total. The van der Waals surface area contributed by atoms with Gasteiger partial charge in [0, 0.05) is 24.8 Å². The van der Waals surface area contributed by atoms with Crippen LogP contribution in [0.1, 0.15) is 37.0 Å². The summed E-state index contributed by atoms with van der Waals surface area (Å²) >= 11 is 0. The Balaban J connectivity index is 3.19. The summed E-state index contributed by atoms with van der Waals surface area (Å²) in [6, 6.07) is 4.18. The third-order valence-electron chi connectivity index (χ3n) is 2.86. The maximum absolute atomic E-state index is 12.5. The fraction of sp³-hybridized carbons (Fsp3) is 0.462. The molecular formula is C13H20N4O3. The van der Waals surface area contributed by atoms with E-state index in [1.165, 1.54) is 18.2 Å². The van der Waals surface area contributed by atoms with E-state index in [1.807, 2.05) is 13.8 Å². The normalized spacial score (nSPS) is 10.2. The zero-order valence-electron chi connectivity index (χ0n) is 11.8. The summed E-state index contributed by atoms with van der Waals surface area (Å²) in [4.78, 5) is 24.6. The number of rotatable bonds is 7. The van der Waals surface area contributed by atoms with Gasteiger partial charge in [0.15, 0.2) is 0 Å². The summed E-state index contributed by atoms with van der Waals surface area (Å²) in [6.07, 6.45) is 1.60. The standard InChI is InChI=1S/C13H20N4O3/c1-3-7-16(8-4-2)13(18)11-9-10(15-14)5-6-12(11)17(19)20/h5-6,9,15H,3-4,7-8,14H2,1-2H3. The van der Waals surface area contributed by atoms with Gasteiger partial charge in [-0.15, -0.1) is 0 Å². The average Bonchev–Trinajstić information content (AvgIpc) is 2.45. The van der Waals surface area contributed by atoms with E-state index in [0.29, 0.717) is 18.8 Å². The van der Waals surface area contributed by atoms with Gasteiger partial charge in [0.2, 0.25) is 0 Å². The lowest BCUT2D eigenvalue weighted by molar-refractivity contribution is -0.385. The van der Waals surface area contributed by atoms with Crippen molar-refractivity contribution in [3.05, 3.63) is 33.9 Å². The van der Waals surface area contributed by atoms with Crippen molar-refractivity contribution in [2.24, 2.45) is 5.84 Å². The van der Waals surface area contributed by atoms with Gasteiger partial charge in [-0.2, -0.15) is 0 Å². The highest BCUT2D eigenvalue weighted by molar-refractivity contribution is 5.99. The van der Waals surface area contributed by atoms with Crippen molar-refractivity contribution in [1.29, 1.82) is 0 Å². The van der Waals surface area contributed by atoms with Gasteiger partial charge in [0.1, 0.15) is 5.56 Å². The van der Waals surface area contributed by atoms with E-state index >= 15 is 0 Å². The lowest BCUT2D eigenvalue weighted by atomic mass is 10.1. The van der Waals surface area contributed by atoms with Crippen LogP contribution in [0.5, 0.6) is 0 Å². The van der Waals surface area contributed by atoms with Crippen molar-refractivity contribution < 1.29 is 9.72 Å². The van der Waals surface area contributed by atoms with Gasteiger partial charge in [-0.3, -0.25) is 20.8 Å². The van der Waals surface area contributed by atoms with Crippen LogP contribution in [0.15, 0.2) is 18.2 Å². The minimum absolute atomic E-state index is 0.0624. The summed E-state index contributed by atoms with van der Waals surface area (Å²) in [5.74, 6) is 4.96. The molecule has 3 N–H and O–H groups in total. The molecule has 0 aliphatic carbocycles. The molecule has 20 heavy (non-hydrogen) atoms. The van der Waals surface area contributed by atoms with Crippen molar-refractivity contribution in [3.8, 4) is 0 Å². The molecule has 0 spiro atoms. The second-order valence-electron chi connectivity index (χ2n) is 4.43. The molecular weight excluding hydrogens is 260 g/mol. The fourth-order valence-corrected chi connectivity index (χ4v) is 1.98. The van der Waals surface area contributed by atoms with Crippen LogP contribution in [0.2, 0.25) is 0 Å². The number of hydrogen-bond donors (Lipinski definition) is 2. The Morgan fingerprint density at radius 1 is 1.35 bits per heavy atom. The van der Waals surface area contributed by atoms with Gasteiger partial charge in [-0.1, -0.05) is 13.8 Å². The SMILES string of the molecule is CCCN(CCC)C(=O)c1cc(NN)ccc1[N+](=O)[O-]. The summed E-state index contributed by atoms with van der Waals surface area (Å²) in [5.41, 5.74) is 2.72. The zero-order chi connectivity index (χ0) is 15.1. The number of nitrogens with one attached hydrogen (secondary N) is 1. The molecule has 0 fully saturated rings. The summed E-state index contributed by atoms with van der Waals surface area (Å²) in [5, 5.41) is 11.0. The number of carbonyl (C=O) groups excluding carboxylic acids is 1. The van der Waals surface area contributed by atoms with Crippen LogP contribution in [0, 0.1) is 10.1 Å². The molecule has 0 heterocycles. The highest BCUT2D eigenvalue weighted by atomic mass is 16.6. The first-order valence-electron chi connectivity index (χ1n) is 6.59. The summed E-state index contributed by atoms with van der Waals surface area (Å²) < 4.78 is 0. The zero-order valence-corrected chi connectivity index (χ0v) is 11.8. The summed E-state index contributed by atoms with van der Waals surface area (Å²) in [7, 11) is 0. The number of benzene rings is 1. The minimum atomic E-state index is -0.552. The largest absolute Gasteiger partial charge is 0.338 e. The van der Waals surface area contributed by atoms with E-state index in [-0.39, 0.29) is 17.2 Å². The molecule has 110 valence electrons. The Labute approximate surface area is 117 Å². The van der Waals surface area contributed by atoms with Crippen LogP contribution in [0.4, 0.5) is 11.4 Å². The second kappa shape index (κ2) is 7.44. The topological polar surface area (TPSA) is 102 Å². The Kier molecular flexibility index (Phi) is 5.92. The Morgan fingerprint density at radius 2 is 1.95 bits per heavy atom. The molecule has 1 aromatic carbocycles. The van der Waals surface area contributed by atoms with Gasteiger partial charge in [0.25, 0.3) is 11.6 Å². The van der Waals surface area contributed by atoms with Crippen LogP contribution < -0.4 is 11.3 Å². The number of nitrogens with zero attached hydrogens (tertiary/aromatic N) is 2. The molecule has 0 atom stereocenters. The molecule has 0 radical (unpaired) electrons. The summed E-state index contributed by atoms with van der Waals surface area (Å²) in [6.45, 7) is 5.07. The van der Waals surface area contributed by atoms with Crippen molar-refractivity contribution in [3.63, 3.8) is 0 Å². The lowest BCUT2D eigenvalue weighted by Gasteiger charge is -2.21. The molecule has 0 bridgehead atoms. The van der Waals surface area contributed by atoms with E-state index < -0.39 is 4.92 Å². The number of nitrogens with two attached hydrogens (primary N) is 1. The molecule has 0 aromatic heterocycles. The van der Waals surface area contributed by atoms with Crippen LogP contribution in [0.3, 0.4) is 0 Å². The van der Waals surface area contributed by atoms with Crippen molar-refractivity contribution >= 4 is 17.3 Å². The molecule has 0 saturated heterocycles. The Morgan fingerprint density at radius 3 is 2.40 bits per heavy atom. The molecule has 0 aliphatic rings. The first-order valence-corrected chi connectivity index (χ1v) is 6.59. The number of hydrazine groups is 1. The Hall–Kier alpha value is -2.15. The third-order valence-corrected chi connectivity index (χ3v) is 2.86. The van der Waals surface area contributed by atoms with Crippen molar-refractivity contribution in [1.82, 2.24) is 4.90 Å². The monoisotopic (exact) mass is 280 g/mol. The third kappa shape index (κ3) is 3.67. The van der Waals surface area contributed by atoms with Crippen LogP contribution >= 0.6 is 0 Å². The number of amides is 1. The first-order chi connectivity index (χ1) is 9.54. The lowest BCUT2D eigenvalue weighted by Crippen LogP contribution is -2.33. The van der Waals surface area contributed by atoms with Gasteiger partial charge in [-0.25, -0.2) is 0 Å². The maximum atomic E-state index is 12.5. The molecule has 0 unspecified atom stereocenters. The molecule has 1 amide bonds. The van der Waals surface area contributed by atoms with Gasteiger partial charge < -0.3 is 10.3 Å². The van der Waals surface area contributed by atoms with E-state index in [2.05, 4.69) is 5.43 Å². The van der Waals surface area contributed by atoms with Crippen LogP contribution in [-0.4, -0.2) is 28.8 Å². The first kappa shape index (κ1) is 15.9. The molecule has 0 saturated carbocycles. The highest BCUT2D eigenvalue weighted by Gasteiger charge is 2.24. The second-order valence-corrected chi connectivity index (χ2v) is 4.43. The van der Waals surface area contributed by atoms with Gasteiger partial charge in [0.05, 0.1) is 4.92 Å².